The highest BCUT2D eigenvalue weighted by Crippen LogP contribution is 2.28. The first-order chi connectivity index (χ1) is 14.6. The highest BCUT2D eigenvalue weighted by Gasteiger charge is 2.11. The third-order valence-corrected chi connectivity index (χ3v) is 6.70. The minimum atomic E-state index is -0.0566. The van der Waals surface area contributed by atoms with E-state index in [2.05, 4.69) is 20.9 Å². The number of aromatic nitrogens is 2. The second-order valence-electron chi connectivity index (χ2n) is 6.70. The standard InChI is InChI=1S/C23H14BrClN2O2S/c24-16-11-14(9-10-20(16)29-13-15-5-1-2-6-17(15)25)12-21-22(28)27-19-8-4-3-7-18(19)26-23(27)30-21/h1-12H,13H2/b21-12-. The molecule has 4 nitrogen and oxygen atoms in total. The Morgan fingerprint density at radius 2 is 1.90 bits per heavy atom. The number of para-hydroxylation sites is 2. The molecule has 0 fully saturated rings. The lowest BCUT2D eigenvalue weighted by molar-refractivity contribution is 0.304. The lowest BCUT2D eigenvalue weighted by Gasteiger charge is -2.10. The minimum Gasteiger partial charge on any atom is -0.488 e. The van der Waals surface area contributed by atoms with Crippen molar-refractivity contribution < 1.29 is 4.74 Å². The Bertz CT molecular complexity index is 1510. The number of nitrogens with zero attached hydrogens (tertiary/aromatic N) is 2. The number of imidazole rings is 1. The largest absolute Gasteiger partial charge is 0.488 e. The average Bonchev–Trinajstić information content (AvgIpc) is 3.25. The van der Waals surface area contributed by atoms with Gasteiger partial charge < -0.3 is 4.74 Å². The normalized spacial score (nSPS) is 12.1. The second-order valence-corrected chi connectivity index (χ2v) is 8.97. The number of benzene rings is 3. The molecule has 0 saturated heterocycles. The van der Waals surface area contributed by atoms with Crippen LogP contribution in [0.25, 0.3) is 22.1 Å². The highest BCUT2D eigenvalue weighted by molar-refractivity contribution is 9.10. The molecule has 0 saturated carbocycles. The van der Waals surface area contributed by atoms with Crippen LogP contribution in [0.3, 0.4) is 0 Å². The molecule has 7 heteroatoms. The van der Waals surface area contributed by atoms with Gasteiger partial charge in [-0.2, -0.15) is 0 Å². The Morgan fingerprint density at radius 3 is 2.73 bits per heavy atom. The Labute approximate surface area is 189 Å². The van der Waals surface area contributed by atoms with Crippen molar-refractivity contribution in [3.8, 4) is 5.75 Å². The fourth-order valence-corrected chi connectivity index (χ4v) is 4.95. The SMILES string of the molecule is O=c1/c(=C/c2ccc(OCc3ccccc3Cl)c(Br)c2)sc2nc3ccccc3n12. The summed E-state index contributed by atoms with van der Waals surface area (Å²) >= 11 is 11.1. The molecule has 0 amide bonds. The molecule has 5 rings (SSSR count). The molecule has 0 N–H and O–H groups in total. The molecule has 5 aromatic rings. The molecular weight excluding hydrogens is 484 g/mol. The van der Waals surface area contributed by atoms with Gasteiger partial charge in [-0.05, 0) is 57.9 Å². The van der Waals surface area contributed by atoms with Gasteiger partial charge in [0.15, 0.2) is 4.96 Å². The van der Waals surface area contributed by atoms with E-state index in [1.807, 2.05) is 72.8 Å². The predicted molar refractivity (Wildman–Crippen MR) is 126 cm³/mol. The van der Waals surface area contributed by atoms with Crippen molar-refractivity contribution in [3.05, 3.63) is 102 Å². The van der Waals surface area contributed by atoms with Crippen LogP contribution in [0, 0.1) is 0 Å². The van der Waals surface area contributed by atoms with Gasteiger partial charge >= 0.3 is 0 Å². The van der Waals surface area contributed by atoms with E-state index in [0.717, 1.165) is 26.6 Å². The van der Waals surface area contributed by atoms with Gasteiger partial charge in [0.25, 0.3) is 5.56 Å². The summed E-state index contributed by atoms with van der Waals surface area (Å²) in [7, 11) is 0. The molecular formula is C23H14BrClN2O2S. The maximum absolute atomic E-state index is 12.9. The molecule has 0 spiro atoms. The third kappa shape index (κ3) is 3.51. The number of hydrogen-bond donors (Lipinski definition) is 0. The van der Waals surface area contributed by atoms with Crippen LogP contribution in [0.4, 0.5) is 0 Å². The first kappa shape index (κ1) is 19.3. The lowest BCUT2D eigenvalue weighted by Crippen LogP contribution is -2.22. The molecule has 2 aromatic heterocycles. The van der Waals surface area contributed by atoms with Crippen LogP contribution in [0.5, 0.6) is 5.75 Å². The average molecular weight is 498 g/mol. The Hall–Kier alpha value is -2.67. The first-order valence-corrected chi connectivity index (χ1v) is 11.2. The van der Waals surface area contributed by atoms with Crippen LogP contribution >= 0.6 is 38.9 Å². The lowest BCUT2D eigenvalue weighted by atomic mass is 10.2. The van der Waals surface area contributed by atoms with E-state index in [9.17, 15) is 4.79 Å². The van der Waals surface area contributed by atoms with Crippen molar-refractivity contribution in [2.75, 3.05) is 0 Å². The van der Waals surface area contributed by atoms with Crippen molar-refractivity contribution in [2.45, 2.75) is 6.61 Å². The van der Waals surface area contributed by atoms with Crippen molar-refractivity contribution >= 4 is 60.9 Å². The van der Waals surface area contributed by atoms with Crippen LogP contribution in [0.2, 0.25) is 5.02 Å². The number of fused-ring (bicyclic) bond motifs is 3. The molecule has 0 radical (unpaired) electrons. The van der Waals surface area contributed by atoms with Gasteiger partial charge in [0.05, 0.1) is 20.0 Å². The van der Waals surface area contributed by atoms with E-state index in [1.165, 1.54) is 11.3 Å². The molecule has 0 bridgehead atoms. The van der Waals surface area contributed by atoms with Crippen LogP contribution in [-0.2, 0) is 6.61 Å². The molecule has 148 valence electrons. The molecule has 3 aromatic carbocycles. The summed E-state index contributed by atoms with van der Waals surface area (Å²) < 4.78 is 9.01. The van der Waals surface area contributed by atoms with E-state index in [4.69, 9.17) is 16.3 Å². The van der Waals surface area contributed by atoms with Crippen molar-refractivity contribution in [1.82, 2.24) is 9.38 Å². The fraction of sp³-hybridized carbons (Fsp3) is 0.0435. The quantitative estimate of drug-likeness (QED) is 0.331. The summed E-state index contributed by atoms with van der Waals surface area (Å²) in [5, 5.41) is 0.678. The number of halogens is 2. The smallest absolute Gasteiger partial charge is 0.274 e. The number of thiazole rings is 1. The summed E-state index contributed by atoms with van der Waals surface area (Å²) in [6.07, 6.45) is 1.87. The van der Waals surface area contributed by atoms with Gasteiger partial charge in [0, 0.05) is 10.6 Å². The molecule has 2 heterocycles. The Kier molecular flexibility index (Phi) is 5.06. The molecule has 0 unspecified atom stereocenters. The van der Waals surface area contributed by atoms with Gasteiger partial charge in [-0.25, -0.2) is 9.38 Å². The second kappa shape index (κ2) is 7.87. The Morgan fingerprint density at radius 1 is 1.10 bits per heavy atom. The van der Waals surface area contributed by atoms with Crippen LogP contribution in [-0.4, -0.2) is 9.38 Å². The zero-order chi connectivity index (χ0) is 20.7. The Balaban J connectivity index is 1.46. The number of rotatable bonds is 4. The van der Waals surface area contributed by atoms with Crippen LogP contribution in [0.1, 0.15) is 11.1 Å². The summed E-state index contributed by atoms with van der Waals surface area (Å²) in [6, 6.07) is 21.0. The van der Waals surface area contributed by atoms with Gasteiger partial charge in [-0.1, -0.05) is 59.3 Å². The molecule has 30 heavy (non-hydrogen) atoms. The number of ether oxygens (including phenoxy) is 1. The van der Waals surface area contributed by atoms with E-state index >= 15 is 0 Å². The van der Waals surface area contributed by atoms with Gasteiger partial charge in [0.1, 0.15) is 12.4 Å². The maximum Gasteiger partial charge on any atom is 0.274 e. The van der Waals surface area contributed by atoms with E-state index in [0.29, 0.717) is 26.9 Å². The predicted octanol–water partition coefficient (Wildman–Crippen LogP) is 5.45. The fourth-order valence-electron chi connectivity index (χ4n) is 3.26. The first-order valence-electron chi connectivity index (χ1n) is 9.17. The van der Waals surface area contributed by atoms with Crippen molar-refractivity contribution in [1.29, 1.82) is 0 Å². The summed E-state index contributed by atoms with van der Waals surface area (Å²) in [4.78, 5) is 18.2. The summed E-state index contributed by atoms with van der Waals surface area (Å²) in [5.41, 5.74) is 3.43. The van der Waals surface area contributed by atoms with E-state index in [-0.39, 0.29) is 5.56 Å². The summed E-state index contributed by atoms with van der Waals surface area (Å²) in [5.74, 6) is 0.710. The van der Waals surface area contributed by atoms with Gasteiger partial charge in [0.2, 0.25) is 0 Å². The van der Waals surface area contributed by atoms with E-state index in [1.54, 1.807) is 4.40 Å². The monoisotopic (exact) mass is 496 g/mol. The van der Waals surface area contributed by atoms with E-state index < -0.39 is 0 Å². The maximum atomic E-state index is 12.9. The van der Waals surface area contributed by atoms with Crippen LogP contribution < -0.4 is 14.8 Å². The van der Waals surface area contributed by atoms with Gasteiger partial charge in [-0.3, -0.25) is 4.79 Å². The minimum absolute atomic E-state index is 0.0566. The topological polar surface area (TPSA) is 43.6 Å². The molecule has 0 aliphatic rings. The molecule has 0 aliphatic heterocycles. The summed E-state index contributed by atoms with van der Waals surface area (Å²) in [6.45, 7) is 0.376. The van der Waals surface area contributed by atoms with Crippen molar-refractivity contribution in [3.63, 3.8) is 0 Å². The third-order valence-electron chi connectivity index (χ3n) is 4.74. The van der Waals surface area contributed by atoms with Crippen molar-refractivity contribution in [2.24, 2.45) is 0 Å². The molecule has 0 atom stereocenters. The zero-order valence-corrected chi connectivity index (χ0v) is 18.7. The highest BCUT2D eigenvalue weighted by atomic mass is 79.9. The van der Waals surface area contributed by atoms with Crippen LogP contribution in [0.15, 0.2) is 76.0 Å². The molecule has 0 aliphatic carbocycles. The van der Waals surface area contributed by atoms with Gasteiger partial charge in [-0.15, -0.1) is 0 Å². The number of hydrogen-bond acceptors (Lipinski definition) is 4. The zero-order valence-electron chi connectivity index (χ0n) is 15.5.